The van der Waals surface area contributed by atoms with E-state index in [9.17, 15) is 0 Å². The first-order valence-corrected chi connectivity index (χ1v) is 8.62. The van der Waals surface area contributed by atoms with E-state index in [0.29, 0.717) is 0 Å². The lowest BCUT2D eigenvalue weighted by Crippen LogP contribution is -2.38. The maximum absolute atomic E-state index is 4.09. The molecule has 0 unspecified atom stereocenters. The molecule has 20 heavy (non-hydrogen) atoms. The van der Waals surface area contributed by atoms with Gasteiger partial charge in [0, 0.05) is 17.8 Å². The van der Waals surface area contributed by atoms with Gasteiger partial charge in [0.25, 0.3) is 0 Å². The Morgan fingerprint density at radius 1 is 1.40 bits per heavy atom. The molecule has 0 aliphatic heterocycles. The second-order valence-corrected chi connectivity index (χ2v) is 7.43. The standard InChI is InChI=1S/C13H21N5S2/c1-13(2,3)14-6-7-18-12(15-16-17-18)20-9-5-11-4-8-19-10-11/h4,8,10,14H,5-7,9H2,1-3H3. The van der Waals surface area contributed by atoms with E-state index in [1.165, 1.54) is 5.56 Å². The highest BCUT2D eigenvalue weighted by Gasteiger charge is 2.10. The highest BCUT2D eigenvalue weighted by Crippen LogP contribution is 2.16. The van der Waals surface area contributed by atoms with Crippen LogP contribution in [0.5, 0.6) is 0 Å². The normalized spacial score (nSPS) is 11.9. The first kappa shape index (κ1) is 15.5. The smallest absolute Gasteiger partial charge is 0.209 e. The van der Waals surface area contributed by atoms with Crippen LogP contribution in [-0.2, 0) is 13.0 Å². The number of nitrogens with zero attached hydrogens (tertiary/aromatic N) is 4. The predicted molar refractivity (Wildman–Crippen MR) is 84.3 cm³/mol. The first-order valence-electron chi connectivity index (χ1n) is 6.70. The zero-order valence-electron chi connectivity index (χ0n) is 12.2. The summed E-state index contributed by atoms with van der Waals surface area (Å²) in [6.07, 6.45) is 1.06. The van der Waals surface area contributed by atoms with Crippen LogP contribution in [0.25, 0.3) is 0 Å². The minimum atomic E-state index is 0.125. The zero-order valence-corrected chi connectivity index (χ0v) is 13.8. The number of tetrazole rings is 1. The number of thioether (sulfide) groups is 1. The third-order valence-electron chi connectivity index (χ3n) is 2.68. The summed E-state index contributed by atoms with van der Waals surface area (Å²) in [5, 5.41) is 20.6. The van der Waals surface area contributed by atoms with Gasteiger partial charge in [0.2, 0.25) is 5.16 Å². The fourth-order valence-corrected chi connectivity index (χ4v) is 3.27. The highest BCUT2D eigenvalue weighted by molar-refractivity contribution is 7.99. The van der Waals surface area contributed by atoms with E-state index in [1.807, 2.05) is 4.68 Å². The van der Waals surface area contributed by atoms with Gasteiger partial charge in [-0.05, 0) is 60.0 Å². The van der Waals surface area contributed by atoms with Gasteiger partial charge in [-0.15, -0.1) is 5.10 Å². The summed E-state index contributed by atoms with van der Waals surface area (Å²) < 4.78 is 1.87. The van der Waals surface area contributed by atoms with Gasteiger partial charge in [-0.25, -0.2) is 4.68 Å². The van der Waals surface area contributed by atoms with E-state index in [0.717, 1.165) is 30.4 Å². The molecule has 1 N–H and O–H groups in total. The van der Waals surface area contributed by atoms with E-state index >= 15 is 0 Å². The van der Waals surface area contributed by atoms with Crippen LogP contribution in [0, 0.1) is 0 Å². The molecule has 7 heteroatoms. The average Bonchev–Trinajstić information content (AvgIpc) is 3.00. The summed E-state index contributed by atoms with van der Waals surface area (Å²) in [4.78, 5) is 0. The summed E-state index contributed by atoms with van der Waals surface area (Å²) in [6.45, 7) is 8.13. The fourth-order valence-electron chi connectivity index (χ4n) is 1.67. The zero-order chi connectivity index (χ0) is 14.4. The Morgan fingerprint density at radius 2 is 2.25 bits per heavy atom. The lowest BCUT2D eigenvalue weighted by Gasteiger charge is -2.20. The van der Waals surface area contributed by atoms with Crippen molar-refractivity contribution in [3.63, 3.8) is 0 Å². The summed E-state index contributed by atoms with van der Waals surface area (Å²) in [7, 11) is 0. The number of hydrogen-bond acceptors (Lipinski definition) is 6. The van der Waals surface area contributed by atoms with Gasteiger partial charge >= 0.3 is 0 Å². The van der Waals surface area contributed by atoms with Crippen LogP contribution >= 0.6 is 23.1 Å². The van der Waals surface area contributed by atoms with Crippen LogP contribution in [0.3, 0.4) is 0 Å². The Kier molecular flexibility index (Phi) is 5.56. The van der Waals surface area contributed by atoms with Gasteiger partial charge in [0.05, 0.1) is 6.54 Å². The average molecular weight is 311 g/mol. The predicted octanol–water partition coefficient (Wildman–Crippen LogP) is 2.46. The van der Waals surface area contributed by atoms with Crippen LogP contribution in [0.2, 0.25) is 0 Å². The van der Waals surface area contributed by atoms with Gasteiger partial charge in [-0.3, -0.25) is 0 Å². The fraction of sp³-hybridized carbons (Fsp3) is 0.615. The largest absolute Gasteiger partial charge is 0.310 e. The van der Waals surface area contributed by atoms with E-state index in [2.05, 4.69) is 58.4 Å². The number of hydrogen-bond donors (Lipinski definition) is 1. The first-order chi connectivity index (χ1) is 9.54. The molecule has 2 aromatic heterocycles. The Morgan fingerprint density at radius 3 is 2.95 bits per heavy atom. The summed E-state index contributed by atoms with van der Waals surface area (Å²) in [5.74, 6) is 1.00. The van der Waals surface area contributed by atoms with Crippen molar-refractivity contribution in [1.82, 2.24) is 25.5 Å². The molecule has 0 atom stereocenters. The van der Waals surface area contributed by atoms with Crippen molar-refractivity contribution in [2.24, 2.45) is 0 Å². The van der Waals surface area contributed by atoms with Crippen LogP contribution in [0.1, 0.15) is 26.3 Å². The third kappa shape index (κ3) is 5.22. The Bertz CT molecular complexity index is 501. The summed E-state index contributed by atoms with van der Waals surface area (Å²) >= 11 is 3.45. The maximum Gasteiger partial charge on any atom is 0.209 e. The number of thiophene rings is 1. The monoisotopic (exact) mass is 311 g/mol. The van der Waals surface area contributed by atoms with Gasteiger partial charge in [-0.2, -0.15) is 11.3 Å². The summed E-state index contributed by atoms with van der Waals surface area (Å²) in [5.41, 5.74) is 1.51. The van der Waals surface area contributed by atoms with Gasteiger partial charge < -0.3 is 5.32 Å². The second-order valence-electron chi connectivity index (χ2n) is 5.59. The van der Waals surface area contributed by atoms with Crippen molar-refractivity contribution in [2.75, 3.05) is 12.3 Å². The molecule has 0 saturated heterocycles. The Labute approximate surface area is 128 Å². The van der Waals surface area contributed by atoms with Gasteiger partial charge in [-0.1, -0.05) is 11.8 Å². The SMILES string of the molecule is CC(C)(C)NCCn1nnnc1SCCc1ccsc1. The molecule has 2 rings (SSSR count). The van der Waals surface area contributed by atoms with Crippen molar-refractivity contribution < 1.29 is 0 Å². The van der Waals surface area contributed by atoms with Crippen molar-refractivity contribution in [3.05, 3.63) is 22.4 Å². The van der Waals surface area contributed by atoms with Crippen LogP contribution in [0.15, 0.2) is 22.0 Å². The molecule has 0 aliphatic carbocycles. The molecule has 0 bridgehead atoms. The van der Waals surface area contributed by atoms with Crippen LogP contribution in [0.4, 0.5) is 0 Å². The minimum absolute atomic E-state index is 0.125. The molecular formula is C13H21N5S2. The topological polar surface area (TPSA) is 55.6 Å². The van der Waals surface area contributed by atoms with Crippen molar-refractivity contribution in [3.8, 4) is 0 Å². The van der Waals surface area contributed by atoms with Crippen molar-refractivity contribution in [1.29, 1.82) is 0 Å². The highest BCUT2D eigenvalue weighted by atomic mass is 32.2. The third-order valence-corrected chi connectivity index (χ3v) is 4.37. The molecule has 2 aromatic rings. The quantitative estimate of drug-likeness (QED) is 0.796. The lowest BCUT2D eigenvalue weighted by molar-refractivity contribution is 0.396. The van der Waals surface area contributed by atoms with E-state index in [-0.39, 0.29) is 5.54 Å². The molecule has 0 fully saturated rings. The molecule has 5 nitrogen and oxygen atoms in total. The molecule has 0 spiro atoms. The molecule has 0 aliphatic rings. The second kappa shape index (κ2) is 7.19. The minimum Gasteiger partial charge on any atom is -0.310 e. The molecule has 0 saturated carbocycles. The molecule has 0 radical (unpaired) electrons. The number of aryl methyl sites for hydroxylation is 1. The summed E-state index contributed by atoms with van der Waals surface area (Å²) in [6, 6.07) is 2.17. The number of aromatic nitrogens is 4. The van der Waals surface area contributed by atoms with E-state index < -0.39 is 0 Å². The van der Waals surface area contributed by atoms with Crippen molar-refractivity contribution >= 4 is 23.1 Å². The lowest BCUT2D eigenvalue weighted by atomic mass is 10.1. The Hall–Kier alpha value is -0.920. The van der Waals surface area contributed by atoms with Crippen LogP contribution in [-0.4, -0.2) is 38.0 Å². The van der Waals surface area contributed by atoms with Gasteiger partial charge in [0.15, 0.2) is 0 Å². The molecule has 110 valence electrons. The number of rotatable bonds is 7. The number of nitrogens with one attached hydrogen (secondary N) is 1. The van der Waals surface area contributed by atoms with Crippen molar-refractivity contribution in [2.45, 2.75) is 44.4 Å². The molecule has 0 amide bonds. The van der Waals surface area contributed by atoms with Crippen LogP contribution < -0.4 is 5.32 Å². The molecule has 0 aromatic carbocycles. The Balaban J connectivity index is 1.76. The van der Waals surface area contributed by atoms with Gasteiger partial charge in [0.1, 0.15) is 0 Å². The van der Waals surface area contributed by atoms with E-state index in [1.54, 1.807) is 23.1 Å². The van der Waals surface area contributed by atoms with E-state index in [4.69, 9.17) is 0 Å². The molecular weight excluding hydrogens is 290 g/mol. The maximum atomic E-state index is 4.09. The molecule has 2 heterocycles.